The van der Waals surface area contributed by atoms with Crippen molar-refractivity contribution >= 4 is 15.0 Å². The molecule has 0 radical (unpaired) electrons. The molecule has 1 aromatic heterocycles. The molecule has 2 rings (SSSR count). The lowest BCUT2D eigenvalue weighted by Gasteiger charge is -1.96. The summed E-state index contributed by atoms with van der Waals surface area (Å²) in [7, 11) is 2.61. The number of benzene rings is 1. The van der Waals surface area contributed by atoms with Crippen molar-refractivity contribution < 1.29 is 8.78 Å². The maximum absolute atomic E-state index is 12.9. The van der Waals surface area contributed by atoms with Gasteiger partial charge in [0.2, 0.25) is 7.31 Å². The topological polar surface area (TPSA) is 30.7 Å². The standard InChI is InChI=1S/C8H7B2F2N3/c9-10-15-4-8(13-14-15)5-1-2-6(11)7(12)3-5/h1-4,10H,9H2. The van der Waals surface area contributed by atoms with Gasteiger partial charge in [-0.2, -0.15) is 0 Å². The van der Waals surface area contributed by atoms with Crippen molar-refractivity contribution in [3.05, 3.63) is 36.0 Å². The first-order chi connectivity index (χ1) is 7.20. The van der Waals surface area contributed by atoms with Crippen molar-refractivity contribution in [2.75, 3.05) is 0 Å². The van der Waals surface area contributed by atoms with Crippen LogP contribution < -0.4 is 0 Å². The Kier molecular flexibility index (Phi) is 2.53. The van der Waals surface area contributed by atoms with Gasteiger partial charge in [0.05, 0.1) is 7.74 Å². The first-order valence-electron chi connectivity index (χ1n) is 4.56. The summed E-state index contributed by atoms with van der Waals surface area (Å²) in [6, 6.07) is 3.66. The second kappa shape index (κ2) is 3.84. The van der Waals surface area contributed by atoms with Crippen molar-refractivity contribution in [2.45, 2.75) is 0 Å². The minimum Gasteiger partial charge on any atom is -0.311 e. The summed E-state index contributed by atoms with van der Waals surface area (Å²) in [5.74, 6) is -1.74. The minimum atomic E-state index is -0.876. The van der Waals surface area contributed by atoms with E-state index in [1.165, 1.54) is 6.07 Å². The number of hydrogen-bond donors (Lipinski definition) is 0. The fourth-order valence-corrected chi connectivity index (χ4v) is 1.24. The molecular formula is C8H7B2F2N3. The zero-order chi connectivity index (χ0) is 10.8. The zero-order valence-electron chi connectivity index (χ0n) is 8.11. The van der Waals surface area contributed by atoms with E-state index in [9.17, 15) is 8.78 Å². The molecule has 15 heavy (non-hydrogen) atoms. The summed E-state index contributed by atoms with van der Waals surface area (Å²) in [6.45, 7) is 0. The van der Waals surface area contributed by atoms with Gasteiger partial charge in [-0.15, -0.1) is 5.10 Å². The molecule has 74 valence electrons. The highest BCUT2D eigenvalue weighted by Gasteiger charge is 2.07. The summed E-state index contributed by atoms with van der Waals surface area (Å²) in [5, 5.41) is 7.67. The average molecular weight is 205 g/mol. The third-order valence-electron chi connectivity index (χ3n) is 2.08. The van der Waals surface area contributed by atoms with Gasteiger partial charge in [0.25, 0.3) is 0 Å². The molecule has 3 nitrogen and oxygen atoms in total. The van der Waals surface area contributed by atoms with E-state index in [1.807, 2.05) is 7.74 Å². The molecule has 0 saturated carbocycles. The molecule has 0 aliphatic heterocycles. The third kappa shape index (κ3) is 1.91. The lowest BCUT2D eigenvalue weighted by Crippen LogP contribution is -2.05. The SMILES string of the molecule is BBn1cc(-c2ccc(F)c(F)c2)nn1. The van der Waals surface area contributed by atoms with E-state index < -0.39 is 11.6 Å². The number of aromatic nitrogens is 3. The van der Waals surface area contributed by atoms with Crippen LogP contribution in [0.5, 0.6) is 0 Å². The zero-order valence-corrected chi connectivity index (χ0v) is 8.11. The fourth-order valence-electron chi connectivity index (χ4n) is 1.24. The highest BCUT2D eigenvalue weighted by atomic mass is 19.2. The van der Waals surface area contributed by atoms with Gasteiger partial charge < -0.3 is 4.59 Å². The van der Waals surface area contributed by atoms with Crippen LogP contribution in [0.2, 0.25) is 0 Å². The van der Waals surface area contributed by atoms with Crippen LogP contribution in [0.3, 0.4) is 0 Å². The van der Waals surface area contributed by atoms with Crippen LogP contribution in [0.15, 0.2) is 24.4 Å². The van der Waals surface area contributed by atoms with E-state index in [1.54, 1.807) is 10.8 Å². The summed E-state index contributed by atoms with van der Waals surface area (Å²) < 4.78 is 27.2. The normalized spacial score (nSPS) is 10.3. The molecule has 1 aromatic carbocycles. The number of rotatable bonds is 2. The van der Waals surface area contributed by atoms with Crippen LogP contribution >= 0.6 is 0 Å². The smallest absolute Gasteiger partial charge is 0.225 e. The molecule has 7 heteroatoms. The van der Waals surface area contributed by atoms with Gasteiger partial charge >= 0.3 is 0 Å². The largest absolute Gasteiger partial charge is 0.311 e. The van der Waals surface area contributed by atoms with E-state index in [-0.39, 0.29) is 0 Å². The Morgan fingerprint density at radius 2 is 2.07 bits per heavy atom. The van der Waals surface area contributed by atoms with Crippen LogP contribution in [0, 0.1) is 11.6 Å². The van der Waals surface area contributed by atoms with Crippen LogP contribution in [0.25, 0.3) is 11.3 Å². The molecule has 1 heterocycles. The van der Waals surface area contributed by atoms with Crippen molar-refractivity contribution in [2.24, 2.45) is 0 Å². The number of halogens is 2. The highest BCUT2D eigenvalue weighted by molar-refractivity contribution is 6.88. The van der Waals surface area contributed by atoms with E-state index in [4.69, 9.17) is 0 Å². The first kappa shape index (κ1) is 9.89. The molecule has 0 aliphatic carbocycles. The molecule has 0 aliphatic rings. The van der Waals surface area contributed by atoms with Crippen molar-refractivity contribution in [3.8, 4) is 11.3 Å². The number of hydrogen-bond acceptors (Lipinski definition) is 2. The summed E-state index contributed by atoms with van der Waals surface area (Å²) >= 11 is 0. The van der Waals surface area contributed by atoms with Gasteiger partial charge in [0.1, 0.15) is 5.69 Å². The van der Waals surface area contributed by atoms with Crippen LogP contribution in [-0.2, 0) is 0 Å². The maximum atomic E-state index is 12.9. The lowest BCUT2D eigenvalue weighted by molar-refractivity contribution is 0.509. The Morgan fingerprint density at radius 1 is 1.27 bits per heavy atom. The fraction of sp³-hybridized carbons (Fsp3) is 0. The average Bonchev–Trinajstić information content (AvgIpc) is 2.70. The van der Waals surface area contributed by atoms with Crippen molar-refractivity contribution in [1.82, 2.24) is 14.9 Å². The van der Waals surface area contributed by atoms with E-state index in [0.29, 0.717) is 18.6 Å². The molecule has 0 bridgehead atoms. The molecule has 0 atom stereocenters. The molecule has 0 N–H and O–H groups in total. The quantitative estimate of drug-likeness (QED) is 0.644. The highest BCUT2D eigenvalue weighted by Crippen LogP contribution is 2.18. The molecule has 0 amide bonds. The van der Waals surface area contributed by atoms with Crippen LogP contribution in [0.4, 0.5) is 8.78 Å². The lowest BCUT2D eigenvalue weighted by atomic mass is 9.67. The molecule has 0 spiro atoms. The predicted molar refractivity (Wildman–Crippen MR) is 56.5 cm³/mol. The Labute approximate surface area is 86.8 Å². The van der Waals surface area contributed by atoms with Gasteiger partial charge in [-0.05, 0) is 18.2 Å². The monoisotopic (exact) mass is 205 g/mol. The number of nitrogens with zero attached hydrogens (tertiary/aromatic N) is 3. The maximum Gasteiger partial charge on any atom is 0.225 e. The van der Waals surface area contributed by atoms with Crippen LogP contribution in [0.1, 0.15) is 0 Å². The van der Waals surface area contributed by atoms with Gasteiger partial charge in [0.15, 0.2) is 11.6 Å². The molecule has 0 unspecified atom stereocenters. The molecule has 0 saturated heterocycles. The van der Waals surface area contributed by atoms with Gasteiger partial charge in [0, 0.05) is 11.8 Å². The van der Waals surface area contributed by atoms with Gasteiger partial charge in [-0.25, -0.2) is 8.78 Å². The van der Waals surface area contributed by atoms with Crippen LogP contribution in [-0.4, -0.2) is 29.9 Å². The second-order valence-corrected chi connectivity index (χ2v) is 3.09. The van der Waals surface area contributed by atoms with Crippen molar-refractivity contribution in [1.29, 1.82) is 0 Å². The Morgan fingerprint density at radius 3 is 2.67 bits per heavy atom. The van der Waals surface area contributed by atoms with E-state index in [0.717, 1.165) is 12.1 Å². The summed E-state index contributed by atoms with van der Waals surface area (Å²) in [6.07, 6.45) is 1.69. The molecule has 0 fully saturated rings. The first-order valence-corrected chi connectivity index (χ1v) is 4.56. The molecule has 2 aromatic rings. The minimum absolute atomic E-state index is 0.522. The summed E-state index contributed by atoms with van der Waals surface area (Å²) in [4.78, 5) is 0. The predicted octanol–water partition coefficient (Wildman–Crippen LogP) is -0.0290. The summed E-state index contributed by atoms with van der Waals surface area (Å²) in [5.41, 5.74) is 1.06. The third-order valence-corrected chi connectivity index (χ3v) is 2.08. The Balaban J connectivity index is 2.40. The van der Waals surface area contributed by atoms with E-state index in [2.05, 4.69) is 10.3 Å². The molecular weight excluding hydrogens is 198 g/mol. The van der Waals surface area contributed by atoms with Gasteiger partial charge in [-0.3, -0.25) is 0 Å². The van der Waals surface area contributed by atoms with E-state index >= 15 is 0 Å². The second-order valence-electron chi connectivity index (χ2n) is 3.09. The Hall–Kier alpha value is -1.65. The van der Waals surface area contributed by atoms with Crippen molar-refractivity contribution in [3.63, 3.8) is 0 Å². The Bertz CT molecular complexity index is 486. The van der Waals surface area contributed by atoms with Gasteiger partial charge in [-0.1, -0.05) is 5.21 Å².